The van der Waals surface area contributed by atoms with Gasteiger partial charge in [-0.3, -0.25) is 10.1 Å². The van der Waals surface area contributed by atoms with Crippen molar-refractivity contribution in [2.75, 3.05) is 18.0 Å². The molecule has 6 nitrogen and oxygen atoms in total. The molecule has 0 spiro atoms. The van der Waals surface area contributed by atoms with Gasteiger partial charge in [0.1, 0.15) is 12.0 Å². The number of nitro groups is 1. The molecule has 1 fully saturated rings. The average molecular weight is 287 g/mol. The molecular formula is C9H11BrN4O2. The molecule has 1 aliphatic heterocycles. The normalized spacial score (nSPS) is 16.1. The third-order valence-electron chi connectivity index (χ3n) is 2.62. The monoisotopic (exact) mass is 286 g/mol. The first-order valence-corrected chi connectivity index (χ1v) is 5.60. The van der Waals surface area contributed by atoms with E-state index in [0.717, 1.165) is 18.9 Å². The molecule has 1 saturated heterocycles. The molecule has 2 heterocycles. The zero-order chi connectivity index (χ0) is 11.9. The van der Waals surface area contributed by atoms with Crippen molar-refractivity contribution in [1.82, 2.24) is 4.98 Å². The first-order valence-electron chi connectivity index (χ1n) is 4.80. The van der Waals surface area contributed by atoms with Gasteiger partial charge in [0.05, 0.1) is 9.40 Å². The van der Waals surface area contributed by atoms with Crippen LogP contribution in [-0.2, 0) is 0 Å². The number of rotatable bonds is 2. The molecule has 1 aromatic rings. The van der Waals surface area contributed by atoms with E-state index < -0.39 is 4.92 Å². The van der Waals surface area contributed by atoms with Gasteiger partial charge >= 0.3 is 0 Å². The highest BCUT2D eigenvalue weighted by Gasteiger charge is 2.28. The van der Waals surface area contributed by atoms with Crippen molar-refractivity contribution in [3.05, 3.63) is 26.3 Å². The van der Waals surface area contributed by atoms with Gasteiger partial charge in [-0.25, -0.2) is 4.98 Å². The number of nitrogens with zero attached hydrogens (tertiary/aromatic N) is 3. The summed E-state index contributed by atoms with van der Waals surface area (Å²) < 4.78 is 0.675. The fraction of sp³-hybridized carbons (Fsp3) is 0.444. The van der Waals surface area contributed by atoms with E-state index in [-0.39, 0.29) is 11.7 Å². The highest BCUT2D eigenvalue weighted by Crippen LogP contribution is 2.34. The van der Waals surface area contributed by atoms with Gasteiger partial charge in [-0.2, -0.15) is 0 Å². The van der Waals surface area contributed by atoms with Crippen LogP contribution in [0.2, 0.25) is 0 Å². The average Bonchev–Trinajstić information content (AvgIpc) is 2.17. The van der Waals surface area contributed by atoms with Crippen LogP contribution in [0.4, 0.5) is 11.5 Å². The molecule has 2 rings (SSSR count). The van der Waals surface area contributed by atoms with Crippen LogP contribution in [0, 0.1) is 17.0 Å². The van der Waals surface area contributed by atoms with Gasteiger partial charge < -0.3 is 10.6 Å². The maximum atomic E-state index is 10.7. The van der Waals surface area contributed by atoms with Gasteiger partial charge in [-0.15, -0.1) is 0 Å². The second-order valence-corrected chi connectivity index (χ2v) is 4.62. The third kappa shape index (κ3) is 1.76. The number of aromatic nitrogens is 1. The minimum absolute atomic E-state index is 0.0282. The summed E-state index contributed by atoms with van der Waals surface area (Å²) in [4.78, 5) is 16.4. The van der Waals surface area contributed by atoms with Gasteiger partial charge in [0, 0.05) is 24.7 Å². The molecule has 86 valence electrons. The summed E-state index contributed by atoms with van der Waals surface area (Å²) in [7, 11) is 0. The van der Waals surface area contributed by atoms with E-state index in [9.17, 15) is 10.1 Å². The third-order valence-corrected chi connectivity index (χ3v) is 3.57. The Kier molecular flexibility index (Phi) is 2.81. The van der Waals surface area contributed by atoms with E-state index >= 15 is 0 Å². The Hall–Kier alpha value is -1.21. The van der Waals surface area contributed by atoms with Crippen molar-refractivity contribution in [1.29, 1.82) is 0 Å². The molecule has 0 saturated carbocycles. The standard InChI is InChI=1S/C9H11BrN4O2/c1-5-7(14(15)16)2-12-9(8(5)10)13-3-6(11)4-13/h2,6H,3-4,11H2,1H3. The van der Waals surface area contributed by atoms with Crippen molar-refractivity contribution < 1.29 is 4.92 Å². The Morgan fingerprint density at radius 2 is 2.31 bits per heavy atom. The van der Waals surface area contributed by atoms with E-state index in [4.69, 9.17) is 5.73 Å². The zero-order valence-electron chi connectivity index (χ0n) is 8.68. The SMILES string of the molecule is Cc1c([N+](=O)[O-])cnc(N2CC(N)C2)c1Br. The molecule has 7 heteroatoms. The first-order chi connectivity index (χ1) is 7.50. The predicted octanol–water partition coefficient (Wildman–Crippen LogP) is 1.21. The molecule has 1 aliphatic rings. The summed E-state index contributed by atoms with van der Waals surface area (Å²) in [6.07, 6.45) is 1.29. The van der Waals surface area contributed by atoms with E-state index in [0.29, 0.717) is 10.0 Å². The molecule has 0 amide bonds. The summed E-state index contributed by atoms with van der Waals surface area (Å²) in [5.41, 5.74) is 6.30. The number of hydrogen-bond donors (Lipinski definition) is 1. The summed E-state index contributed by atoms with van der Waals surface area (Å²) >= 11 is 3.35. The van der Waals surface area contributed by atoms with E-state index in [1.54, 1.807) is 6.92 Å². The quantitative estimate of drug-likeness (QED) is 0.652. The smallest absolute Gasteiger partial charge is 0.291 e. The van der Waals surface area contributed by atoms with Crippen LogP contribution in [-0.4, -0.2) is 29.0 Å². The van der Waals surface area contributed by atoms with Crippen molar-refractivity contribution in [2.45, 2.75) is 13.0 Å². The van der Waals surface area contributed by atoms with Crippen LogP contribution in [0.3, 0.4) is 0 Å². The molecule has 0 radical (unpaired) electrons. The highest BCUT2D eigenvalue weighted by molar-refractivity contribution is 9.10. The molecule has 0 unspecified atom stereocenters. The van der Waals surface area contributed by atoms with E-state index in [2.05, 4.69) is 20.9 Å². The largest absolute Gasteiger partial charge is 0.352 e. The van der Waals surface area contributed by atoms with Crippen molar-refractivity contribution >= 4 is 27.4 Å². The lowest BCUT2D eigenvalue weighted by Crippen LogP contribution is -2.56. The first kappa shape index (κ1) is 11.3. The maximum absolute atomic E-state index is 10.7. The number of nitrogens with two attached hydrogens (primary N) is 1. The zero-order valence-corrected chi connectivity index (χ0v) is 10.3. The topological polar surface area (TPSA) is 85.3 Å². The lowest BCUT2D eigenvalue weighted by atomic mass is 10.1. The summed E-state index contributed by atoms with van der Waals surface area (Å²) in [5.74, 6) is 0.727. The van der Waals surface area contributed by atoms with E-state index in [1.807, 2.05) is 4.90 Å². The van der Waals surface area contributed by atoms with Gasteiger partial charge in [0.2, 0.25) is 0 Å². The summed E-state index contributed by atoms with van der Waals surface area (Å²) in [5, 5.41) is 10.7. The van der Waals surface area contributed by atoms with Crippen molar-refractivity contribution in [2.24, 2.45) is 5.73 Å². The molecule has 2 N–H and O–H groups in total. The molecule has 0 bridgehead atoms. The highest BCUT2D eigenvalue weighted by atomic mass is 79.9. The van der Waals surface area contributed by atoms with Crippen LogP contribution in [0.5, 0.6) is 0 Å². The molecule has 1 aromatic heterocycles. The lowest BCUT2D eigenvalue weighted by molar-refractivity contribution is -0.385. The Morgan fingerprint density at radius 3 is 2.81 bits per heavy atom. The number of halogens is 1. The number of anilines is 1. The molecule has 0 aliphatic carbocycles. The van der Waals surface area contributed by atoms with Crippen LogP contribution in [0.25, 0.3) is 0 Å². The van der Waals surface area contributed by atoms with Gasteiger partial charge in [0.15, 0.2) is 0 Å². The fourth-order valence-electron chi connectivity index (χ4n) is 1.65. The Morgan fingerprint density at radius 1 is 1.69 bits per heavy atom. The minimum Gasteiger partial charge on any atom is -0.352 e. The molecule has 0 atom stereocenters. The Bertz CT molecular complexity index is 445. The second-order valence-electron chi connectivity index (χ2n) is 3.83. The van der Waals surface area contributed by atoms with Gasteiger partial charge in [0.25, 0.3) is 5.69 Å². The molecule has 0 aromatic carbocycles. The summed E-state index contributed by atoms with van der Waals surface area (Å²) in [6.45, 7) is 3.18. The van der Waals surface area contributed by atoms with Gasteiger partial charge in [-0.1, -0.05) is 0 Å². The van der Waals surface area contributed by atoms with Crippen LogP contribution in [0.1, 0.15) is 5.56 Å². The predicted molar refractivity (Wildman–Crippen MR) is 63.5 cm³/mol. The number of pyridine rings is 1. The number of hydrogen-bond acceptors (Lipinski definition) is 5. The Labute approximate surface area is 101 Å². The van der Waals surface area contributed by atoms with Crippen molar-refractivity contribution in [3.63, 3.8) is 0 Å². The maximum Gasteiger partial charge on any atom is 0.291 e. The molecular weight excluding hydrogens is 276 g/mol. The summed E-state index contributed by atoms with van der Waals surface area (Å²) in [6, 6.07) is 0.171. The van der Waals surface area contributed by atoms with E-state index in [1.165, 1.54) is 6.20 Å². The van der Waals surface area contributed by atoms with Crippen LogP contribution in [0.15, 0.2) is 10.7 Å². The Balaban J connectivity index is 2.35. The fourth-order valence-corrected chi connectivity index (χ4v) is 2.20. The van der Waals surface area contributed by atoms with Crippen LogP contribution < -0.4 is 10.6 Å². The van der Waals surface area contributed by atoms with Crippen molar-refractivity contribution in [3.8, 4) is 0 Å². The second kappa shape index (κ2) is 3.99. The van der Waals surface area contributed by atoms with Crippen LogP contribution >= 0.6 is 15.9 Å². The molecule has 16 heavy (non-hydrogen) atoms. The minimum atomic E-state index is -0.432. The van der Waals surface area contributed by atoms with Gasteiger partial charge in [-0.05, 0) is 22.9 Å². The lowest BCUT2D eigenvalue weighted by Gasteiger charge is -2.38.